The smallest absolute Gasteiger partial charge is 0.332 e. The summed E-state index contributed by atoms with van der Waals surface area (Å²) in [5.41, 5.74) is 4.92. The molecule has 3 N–H and O–H groups in total. The number of hydrazine groups is 1. The largest absolute Gasteiger partial charge is 0.333 e. The number of rotatable bonds is 4. The Kier molecular flexibility index (Phi) is 5.00. The summed E-state index contributed by atoms with van der Waals surface area (Å²) in [7, 11) is 0. The fraction of sp³-hybridized carbons (Fsp3) is 0.125. The third-order valence-corrected chi connectivity index (χ3v) is 1.86. The molecule has 0 atom stereocenters. The van der Waals surface area contributed by atoms with Gasteiger partial charge in [0.1, 0.15) is 0 Å². The first-order chi connectivity index (χ1) is 7.58. The van der Waals surface area contributed by atoms with Crippen molar-refractivity contribution < 1.29 is 4.79 Å². The maximum atomic E-state index is 11.2. The molecule has 0 aliphatic heterocycles. The zero-order valence-electron chi connectivity index (χ0n) is 8.13. The zero-order chi connectivity index (χ0) is 12.0. The lowest BCUT2D eigenvalue weighted by Crippen LogP contribution is -2.39. The third-order valence-electron chi connectivity index (χ3n) is 1.38. The summed E-state index contributed by atoms with van der Waals surface area (Å²) < 4.78 is 0.675. The number of carbonyl (C=O) groups is 1. The van der Waals surface area contributed by atoms with Crippen molar-refractivity contribution in [2.45, 2.75) is 0 Å². The zero-order valence-corrected chi connectivity index (χ0v) is 10.5. The molecule has 0 saturated heterocycles. The highest BCUT2D eigenvalue weighted by atomic mass is 79.9. The SMILES string of the molecule is C=C(Br)CNC(=O)NNc1ccc(Cl)nn1. The molecule has 8 heteroatoms. The number of nitrogens with zero attached hydrogens (tertiary/aromatic N) is 2. The maximum absolute atomic E-state index is 11.2. The van der Waals surface area contributed by atoms with Gasteiger partial charge in [0.05, 0.1) is 6.54 Å². The summed E-state index contributed by atoms with van der Waals surface area (Å²) in [6.45, 7) is 3.90. The highest BCUT2D eigenvalue weighted by Gasteiger charge is 2.00. The molecule has 2 amide bonds. The molecular formula is C8H9BrClN5O. The molecule has 0 aromatic carbocycles. The van der Waals surface area contributed by atoms with Crippen LogP contribution >= 0.6 is 27.5 Å². The van der Waals surface area contributed by atoms with E-state index in [4.69, 9.17) is 11.6 Å². The van der Waals surface area contributed by atoms with Crippen LogP contribution < -0.4 is 16.2 Å². The molecule has 0 unspecified atom stereocenters. The van der Waals surface area contributed by atoms with Crippen molar-refractivity contribution >= 4 is 39.4 Å². The van der Waals surface area contributed by atoms with E-state index in [0.717, 1.165) is 0 Å². The highest BCUT2D eigenvalue weighted by molar-refractivity contribution is 9.11. The Labute approximate surface area is 106 Å². The Hall–Kier alpha value is -1.34. The summed E-state index contributed by atoms with van der Waals surface area (Å²) in [6, 6.07) is 2.73. The van der Waals surface area contributed by atoms with Crippen LogP contribution in [0.15, 0.2) is 23.2 Å². The van der Waals surface area contributed by atoms with Crippen LogP contribution in [0.2, 0.25) is 5.15 Å². The van der Waals surface area contributed by atoms with E-state index in [1.807, 2.05) is 0 Å². The number of urea groups is 1. The lowest BCUT2D eigenvalue weighted by Gasteiger charge is -2.07. The minimum absolute atomic E-state index is 0.283. The molecule has 16 heavy (non-hydrogen) atoms. The number of carbonyl (C=O) groups excluding carboxylic acids is 1. The van der Waals surface area contributed by atoms with Crippen molar-refractivity contribution in [3.8, 4) is 0 Å². The second kappa shape index (κ2) is 6.29. The number of amides is 2. The molecule has 0 bridgehead atoms. The van der Waals surface area contributed by atoms with E-state index in [-0.39, 0.29) is 5.15 Å². The minimum Gasteiger partial charge on any atom is -0.332 e. The number of hydrogen-bond acceptors (Lipinski definition) is 4. The number of anilines is 1. The van der Waals surface area contributed by atoms with Crippen LogP contribution in [0.4, 0.5) is 10.6 Å². The van der Waals surface area contributed by atoms with Gasteiger partial charge in [-0.15, -0.1) is 10.2 Å². The van der Waals surface area contributed by atoms with Gasteiger partial charge in [-0.2, -0.15) is 0 Å². The van der Waals surface area contributed by atoms with Gasteiger partial charge in [-0.1, -0.05) is 34.1 Å². The van der Waals surface area contributed by atoms with Crippen LogP contribution in [-0.4, -0.2) is 22.8 Å². The Bertz CT molecular complexity index is 383. The molecule has 1 heterocycles. The average molecular weight is 307 g/mol. The predicted octanol–water partition coefficient (Wildman–Crippen LogP) is 1.66. The van der Waals surface area contributed by atoms with E-state index in [1.165, 1.54) is 0 Å². The molecule has 0 saturated carbocycles. The van der Waals surface area contributed by atoms with E-state index < -0.39 is 6.03 Å². The van der Waals surface area contributed by atoms with Crippen LogP contribution in [0.3, 0.4) is 0 Å². The van der Waals surface area contributed by atoms with Crippen molar-refractivity contribution in [1.29, 1.82) is 0 Å². The predicted molar refractivity (Wildman–Crippen MR) is 65.3 cm³/mol. The van der Waals surface area contributed by atoms with Gasteiger partial charge in [-0.25, -0.2) is 4.79 Å². The molecule has 0 radical (unpaired) electrons. The van der Waals surface area contributed by atoms with Crippen LogP contribution in [0.1, 0.15) is 0 Å². The van der Waals surface area contributed by atoms with Crippen LogP contribution in [0, 0.1) is 0 Å². The Morgan fingerprint density at radius 3 is 2.81 bits per heavy atom. The van der Waals surface area contributed by atoms with Crippen molar-refractivity contribution in [2.24, 2.45) is 0 Å². The summed E-state index contributed by atoms with van der Waals surface area (Å²) in [5.74, 6) is 0.386. The normalized spacial score (nSPS) is 9.38. The Balaban J connectivity index is 2.31. The van der Waals surface area contributed by atoms with Gasteiger partial charge in [0.25, 0.3) is 0 Å². The molecule has 0 fully saturated rings. The van der Waals surface area contributed by atoms with Gasteiger partial charge in [0.15, 0.2) is 11.0 Å². The summed E-state index contributed by atoms with van der Waals surface area (Å²) >= 11 is 8.66. The lowest BCUT2D eigenvalue weighted by molar-refractivity contribution is 0.243. The van der Waals surface area contributed by atoms with Gasteiger partial charge in [-0.05, 0) is 12.1 Å². The average Bonchev–Trinajstić information content (AvgIpc) is 2.25. The van der Waals surface area contributed by atoms with Gasteiger partial charge in [0.2, 0.25) is 0 Å². The van der Waals surface area contributed by atoms with Crippen LogP contribution in [0.25, 0.3) is 0 Å². The molecule has 0 spiro atoms. The Morgan fingerprint density at radius 1 is 1.50 bits per heavy atom. The number of hydrogen-bond donors (Lipinski definition) is 3. The fourth-order valence-electron chi connectivity index (χ4n) is 0.724. The lowest BCUT2D eigenvalue weighted by atomic mass is 10.5. The minimum atomic E-state index is -0.405. The first-order valence-corrected chi connectivity index (χ1v) is 5.37. The molecule has 1 rings (SSSR count). The first-order valence-electron chi connectivity index (χ1n) is 4.20. The number of aromatic nitrogens is 2. The summed E-state index contributed by atoms with van der Waals surface area (Å²) in [4.78, 5) is 11.2. The molecule has 0 aliphatic rings. The van der Waals surface area contributed by atoms with E-state index in [9.17, 15) is 4.79 Å². The molecule has 0 aliphatic carbocycles. The van der Waals surface area contributed by atoms with E-state index in [2.05, 4.69) is 48.9 Å². The van der Waals surface area contributed by atoms with Gasteiger partial charge < -0.3 is 5.32 Å². The van der Waals surface area contributed by atoms with E-state index in [0.29, 0.717) is 16.8 Å². The summed E-state index contributed by atoms with van der Waals surface area (Å²) in [6.07, 6.45) is 0. The highest BCUT2D eigenvalue weighted by Crippen LogP contribution is 2.04. The molecule has 86 valence electrons. The van der Waals surface area contributed by atoms with Crippen molar-refractivity contribution in [3.63, 3.8) is 0 Å². The summed E-state index contributed by atoms with van der Waals surface area (Å²) in [5, 5.41) is 10.1. The van der Waals surface area contributed by atoms with E-state index in [1.54, 1.807) is 12.1 Å². The topological polar surface area (TPSA) is 78.9 Å². The fourth-order valence-corrected chi connectivity index (χ4v) is 0.965. The Morgan fingerprint density at radius 2 is 2.25 bits per heavy atom. The molecule has 1 aromatic heterocycles. The second-order valence-electron chi connectivity index (χ2n) is 2.69. The number of halogens is 2. The number of nitrogens with one attached hydrogen (secondary N) is 3. The van der Waals surface area contributed by atoms with Crippen LogP contribution in [-0.2, 0) is 0 Å². The first kappa shape index (κ1) is 12.7. The van der Waals surface area contributed by atoms with Crippen LogP contribution in [0.5, 0.6) is 0 Å². The van der Waals surface area contributed by atoms with Gasteiger partial charge >= 0.3 is 6.03 Å². The third kappa shape index (κ3) is 4.94. The quantitative estimate of drug-likeness (QED) is 0.739. The maximum Gasteiger partial charge on any atom is 0.333 e. The molecular weight excluding hydrogens is 297 g/mol. The monoisotopic (exact) mass is 305 g/mol. The van der Waals surface area contributed by atoms with Gasteiger partial charge in [0, 0.05) is 4.48 Å². The standard InChI is InChI=1S/C8H9BrClN5O/c1-5(9)4-11-8(16)15-14-7-3-2-6(10)12-13-7/h2-3H,1,4H2,(H,13,14)(H2,11,15,16). The van der Waals surface area contributed by atoms with Gasteiger partial charge in [-0.3, -0.25) is 10.9 Å². The molecule has 1 aromatic rings. The van der Waals surface area contributed by atoms with E-state index >= 15 is 0 Å². The van der Waals surface area contributed by atoms with Crippen molar-refractivity contribution in [3.05, 3.63) is 28.3 Å². The molecule has 6 nitrogen and oxygen atoms in total. The van der Waals surface area contributed by atoms with Crippen molar-refractivity contribution in [1.82, 2.24) is 20.9 Å². The van der Waals surface area contributed by atoms with Crippen molar-refractivity contribution in [2.75, 3.05) is 12.0 Å². The second-order valence-corrected chi connectivity index (χ2v) is 4.20.